The highest BCUT2D eigenvalue weighted by molar-refractivity contribution is 9.10. The first-order valence-electron chi connectivity index (χ1n) is 8.67. The van der Waals surface area contributed by atoms with E-state index in [4.69, 9.17) is 0 Å². The molecule has 3 rings (SSSR count). The molecular weight excluding hydrogens is 442 g/mol. The highest BCUT2D eigenvalue weighted by Crippen LogP contribution is 2.34. The average molecular weight is 462 g/mol. The Morgan fingerprint density at radius 1 is 1.25 bits per heavy atom. The Kier molecular flexibility index (Phi) is 6.41. The quantitative estimate of drug-likeness (QED) is 0.741. The topological polar surface area (TPSA) is 69.7 Å². The van der Waals surface area contributed by atoms with Crippen molar-refractivity contribution in [3.8, 4) is 0 Å². The number of thioether (sulfide) groups is 1. The van der Waals surface area contributed by atoms with E-state index in [0.717, 1.165) is 20.6 Å². The van der Waals surface area contributed by atoms with Gasteiger partial charge >= 0.3 is 0 Å². The number of carbonyl (C=O) groups excluding carboxylic acids is 3. The summed E-state index contributed by atoms with van der Waals surface area (Å²) >= 11 is 4.85. The molecule has 1 aliphatic rings. The Morgan fingerprint density at radius 3 is 2.75 bits per heavy atom. The van der Waals surface area contributed by atoms with Gasteiger partial charge in [0.2, 0.25) is 17.7 Å². The zero-order chi connectivity index (χ0) is 20.3. The van der Waals surface area contributed by atoms with E-state index < -0.39 is 0 Å². The molecule has 0 saturated heterocycles. The van der Waals surface area contributed by atoms with Crippen molar-refractivity contribution in [1.29, 1.82) is 0 Å². The summed E-state index contributed by atoms with van der Waals surface area (Å²) in [5.41, 5.74) is 2.36. The molecule has 6 nitrogen and oxygen atoms in total. The molecule has 8 heteroatoms. The molecule has 0 radical (unpaired) electrons. The first kappa shape index (κ1) is 20.4. The standard InChI is InChI=1S/C20H20BrN3O3S/c1-13-9-14(21)7-8-15(13)22-18(25)10-23(2)19(26)11-24-16-5-3-4-6-17(16)28-12-20(24)27/h3-9H,10-12H2,1-2H3,(H,22,25). The van der Waals surface area contributed by atoms with Crippen LogP contribution in [0, 0.1) is 6.92 Å². The van der Waals surface area contributed by atoms with E-state index in [1.54, 1.807) is 13.1 Å². The number of aryl methyl sites for hydroxylation is 1. The number of benzene rings is 2. The molecule has 0 saturated carbocycles. The number of anilines is 2. The lowest BCUT2D eigenvalue weighted by atomic mass is 10.2. The smallest absolute Gasteiger partial charge is 0.243 e. The predicted octanol–water partition coefficient (Wildman–Crippen LogP) is 3.29. The summed E-state index contributed by atoms with van der Waals surface area (Å²) in [6.45, 7) is 1.72. The third-order valence-corrected chi connectivity index (χ3v) is 5.91. The normalized spacial score (nSPS) is 13.1. The molecule has 146 valence electrons. The van der Waals surface area contributed by atoms with Crippen molar-refractivity contribution in [2.45, 2.75) is 11.8 Å². The summed E-state index contributed by atoms with van der Waals surface area (Å²) in [4.78, 5) is 41.0. The summed E-state index contributed by atoms with van der Waals surface area (Å²) in [6, 6.07) is 13.1. The molecule has 1 heterocycles. The Hall–Kier alpha value is -2.32. The van der Waals surface area contributed by atoms with Gasteiger partial charge in [0, 0.05) is 22.1 Å². The minimum absolute atomic E-state index is 0.0858. The Morgan fingerprint density at radius 2 is 2.00 bits per heavy atom. The number of fused-ring (bicyclic) bond motifs is 1. The molecule has 1 N–H and O–H groups in total. The Bertz CT molecular complexity index is 935. The van der Waals surface area contributed by atoms with Gasteiger partial charge in [-0.25, -0.2) is 0 Å². The van der Waals surface area contributed by atoms with Crippen molar-refractivity contribution in [2.24, 2.45) is 0 Å². The van der Waals surface area contributed by atoms with Gasteiger partial charge in [0.15, 0.2) is 0 Å². The third-order valence-electron chi connectivity index (χ3n) is 4.37. The highest BCUT2D eigenvalue weighted by Gasteiger charge is 2.27. The van der Waals surface area contributed by atoms with Gasteiger partial charge in [-0.1, -0.05) is 28.1 Å². The molecule has 3 amide bonds. The van der Waals surface area contributed by atoms with Crippen LogP contribution in [0.5, 0.6) is 0 Å². The molecule has 2 aromatic carbocycles. The number of hydrogen-bond donors (Lipinski definition) is 1. The van der Waals surface area contributed by atoms with Crippen LogP contribution in [0.25, 0.3) is 0 Å². The number of halogens is 1. The van der Waals surface area contributed by atoms with Gasteiger partial charge in [0.25, 0.3) is 0 Å². The molecule has 28 heavy (non-hydrogen) atoms. The Balaban J connectivity index is 1.62. The van der Waals surface area contributed by atoms with Crippen LogP contribution in [0.1, 0.15) is 5.56 Å². The highest BCUT2D eigenvalue weighted by atomic mass is 79.9. The fraction of sp³-hybridized carbons (Fsp3) is 0.250. The average Bonchev–Trinajstić information content (AvgIpc) is 2.66. The van der Waals surface area contributed by atoms with Crippen molar-refractivity contribution >= 4 is 56.8 Å². The number of amides is 3. The predicted molar refractivity (Wildman–Crippen MR) is 115 cm³/mol. The lowest BCUT2D eigenvalue weighted by molar-refractivity contribution is -0.133. The van der Waals surface area contributed by atoms with Gasteiger partial charge in [0.05, 0.1) is 18.0 Å². The first-order valence-corrected chi connectivity index (χ1v) is 10.4. The number of nitrogens with one attached hydrogen (secondary N) is 1. The summed E-state index contributed by atoms with van der Waals surface area (Å²) in [7, 11) is 1.56. The summed E-state index contributed by atoms with van der Waals surface area (Å²) in [6.07, 6.45) is 0. The third kappa shape index (κ3) is 4.74. The maximum Gasteiger partial charge on any atom is 0.243 e. The Labute approximate surface area is 176 Å². The monoisotopic (exact) mass is 461 g/mol. The molecule has 0 fully saturated rings. The summed E-state index contributed by atoms with van der Waals surface area (Å²) in [5.74, 6) is -0.391. The van der Waals surface area contributed by atoms with E-state index in [1.807, 2.05) is 43.3 Å². The molecular formula is C20H20BrN3O3S. The minimum atomic E-state index is -0.294. The van der Waals surface area contributed by atoms with E-state index >= 15 is 0 Å². The molecule has 0 aliphatic carbocycles. The number of carbonyl (C=O) groups is 3. The molecule has 0 atom stereocenters. The second kappa shape index (κ2) is 8.79. The fourth-order valence-electron chi connectivity index (χ4n) is 2.84. The van der Waals surface area contributed by atoms with E-state index in [-0.39, 0.29) is 30.8 Å². The van der Waals surface area contributed by atoms with E-state index in [1.165, 1.54) is 21.6 Å². The summed E-state index contributed by atoms with van der Waals surface area (Å²) in [5, 5.41) is 2.81. The van der Waals surface area contributed by atoms with Crippen LogP contribution in [0.3, 0.4) is 0 Å². The van der Waals surface area contributed by atoms with E-state index in [0.29, 0.717) is 11.4 Å². The van der Waals surface area contributed by atoms with Crippen LogP contribution < -0.4 is 10.2 Å². The van der Waals surface area contributed by atoms with Gasteiger partial charge in [-0.2, -0.15) is 0 Å². The zero-order valence-corrected chi connectivity index (χ0v) is 18.0. The lowest BCUT2D eigenvalue weighted by Gasteiger charge is -2.29. The van der Waals surface area contributed by atoms with Gasteiger partial charge in [-0.05, 0) is 42.8 Å². The minimum Gasteiger partial charge on any atom is -0.335 e. The van der Waals surface area contributed by atoms with Crippen molar-refractivity contribution in [2.75, 3.05) is 36.1 Å². The second-order valence-corrected chi connectivity index (χ2v) is 8.43. The fourth-order valence-corrected chi connectivity index (χ4v) is 4.26. The molecule has 1 aliphatic heterocycles. The second-order valence-electron chi connectivity index (χ2n) is 6.49. The van der Waals surface area contributed by atoms with Crippen molar-refractivity contribution in [3.63, 3.8) is 0 Å². The van der Waals surface area contributed by atoms with Crippen LogP contribution in [-0.2, 0) is 14.4 Å². The maximum absolute atomic E-state index is 12.6. The van der Waals surface area contributed by atoms with E-state index in [2.05, 4.69) is 21.2 Å². The van der Waals surface area contributed by atoms with Gasteiger partial charge in [-0.3, -0.25) is 14.4 Å². The van der Waals surface area contributed by atoms with Crippen LogP contribution in [0.2, 0.25) is 0 Å². The van der Waals surface area contributed by atoms with Gasteiger partial charge in [0.1, 0.15) is 6.54 Å². The van der Waals surface area contributed by atoms with E-state index in [9.17, 15) is 14.4 Å². The molecule has 0 unspecified atom stereocenters. The number of hydrogen-bond acceptors (Lipinski definition) is 4. The van der Waals surface area contributed by atoms with Crippen molar-refractivity contribution in [3.05, 3.63) is 52.5 Å². The number of nitrogens with zero attached hydrogens (tertiary/aromatic N) is 2. The van der Waals surface area contributed by atoms with Gasteiger partial charge in [-0.15, -0.1) is 11.8 Å². The molecule has 0 spiro atoms. The van der Waals surface area contributed by atoms with Crippen LogP contribution in [-0.4, -0.2) is 48.5 Å². The lowest BCUT2D eigenvalue weighted by Crippen LogP contribution is -2.45. The van der Waals surface area contributed by atoms with Crippen LogP contribution in [0.15, 0.2) is 51.8 Å². The largest absolute Gasteiger partial charge is 0.335 e. The number of likely N-dealkylation sites (N-methyl/N-ethyl adjacent to an activating group) is 1. The van der Waals surface area contributed by atoms with Crippen molar-refractivity contribution in [1.82, 2.24) is 4.90 Å². The number of rotatable bonds is 5. The summed E-state index contributed by atoms with van der Waals surface area (Å²) < 4.78 is 0.930. The number of para-hydroxylation sites is 1. The molecule has 0 bridgehead atoms. The van der Waals surface area contributed by atoms with Crippen LogP contribution >= 0.6 is 27.7 Å². The SMILES string of the molecule is Cc1cc(Br)ccc1NC(=O)CN(C)C(=O)CN1C(=O)CSc2ccccc21. The van der Waals surface area contributed by atoms with Crippen molar-refractivity contribution < 1.29 is 14.4 Å². The maximum atomic E-state index is 12.6. The molecule has 2 aromatic rings. The zero-order valence-electron chi connectivity index (χ0n) is 15.6. The van der Waals surface area contributed by atoms with Gasteiger partial charge < -0.3 is 15.1 Å². The molecule has 0 aromatic heterocycles. The first-order chi connectivity index (χ1) is 13.3. The van der Waals surface area contributed by atoms with Crippen LogP contribution in [0.4, 0.5) is 11.4 Å².